The Morgan fingerprint density at radius 2 is 1.91 bits per heavy atom. The molecule has 1 aliphatic rings. The van der Waals surface area contributed by atoms with Gasteiger partial charge in [0, 0.05) is 12.6 Å². The van der Waals surface area contributed by atoms with Gasteiger partial charge in [-0.3, -0.25) is 4.79 Å². The number of hydrogen-bond acceptors (Lipinski definition) is 3. The molecule has 23 heavy (non-hydrogen) atoms. The Hall–Kier alpha value is -2.04. The molecule has 1 aromatic rings. The van der Waals surface area contributed by atoms with E-state index in [-0.39, 0.29) is 12.3 Å². The van der Waals surface area contributed by atoms with E-state index in [9.17, 15) is 14.7 Å². The summed E-state index contributed by atoms with van der Waals surface area (Å²) in [4.78, 5) is 26.0. The highest BCUT2D eigenvalue weighted by atomic mass is 16.5. The van der Waals surface area contributed by atoms with Crippen LogP contribution in [0.5, 0.6) is 5.75 Å². The number of carboxylic acids is 1. The zero-order chi connectivity index (χ0) is 17.0. The minimum Gasteiger partial charge on any atom is -0.496 e. The molecule has 0 bridgehead atoms. The van der Waals surface area contributed by atoms with Crippen LogP contribution in [0.2, 0.25) is 0 Å². The fraction of sp³-hybridized carbons (Fsp3) is 0.556. The second-order valence-electron chi connectivity index (χ2n) is 6.34. The van der Waals surface area contributed by atoms with Gasteiger partial charge in [-0.2, -0.15) is 0 Å². The van der Waals surface area contributed by atoms with Gasteiger partial charge in [0.25, 0.3) is 0 Å². The average molecular weight is 319 g/mol. The maximum Gasteiger partial charge on any atom is 0.329 e. The van der Waals surface area contributed by atoms with Crippen LogP contribution < -0.4 is 4.74 Å². The fourth-order valence-electron chi connectivity index (χ4n) is 3.40. The highest BCUT2D eigenvalue weighted by molar-refractivity contribution is 5.88. The van der Waals surface area contributed by atoms with E-state index >= 15 is 0 Å². The van der Waals surface area contributed by atoms with Gasteiger partial charge in [0.1, 0.15) is 11.3 Å². The number of methoxy groups -OCH3 is 1. The number of aryl methyl sites for hydroxylation is 1. The van der Waals surface area contributed by atoms with Gasteiger partial charge in [0.05, 0.1) is 13.5 Å². The van der Waals surface area contributed by atoms with Gasteiger partial charge in [-0.05, 0) is 25.8 Å². The van der Waals surface area contributed by atoms with Crippen molar-refractivity contribution in [2.75, 3.05) is 14.2 Å². The highest BCUT2D eigenvalue weighted by Crippen LogP contribution is 2.34. The lowest BCUT2D eigenvalue weighted by Crippen LogP contribution is -2.56. The molecule has 0 heterocycles. The standard InChI is InChI=1S/C18H25NO4/c1-13-7-8-15(23-3)14(11-13)12-16(20)19(2)18(17(21)22)9-5-4-6-10-18/h7-8,11H,4-6,9-10,12H2,1-3H3,(H,21,22). The number of likely N-dealkylation sites (N-methyl/N-ethyl adjacent to an activating group) is 1. The smallest absolute Gasteiger partial charge is 0.329 e. The lowest BCUT2D eigenvalue weighted by Gasteiger charge is -2.41. The summed E-state index contributed by atoms with van der Waals surface area (Å²) in [5, 5.41) is 9.70. The maximum absolute atomic E-state index is 12.7. The molecular formula is C18H25NO4. The third kappa shape index (κ3) is 3.49. The Morgan fingerprint density at radius 1 is 1.26 bits per heavy atom. The minimum absolute atomic E-state index is 0.149. The molecule has 0 radical (unpaired) electrons. The van der Waals surface area contributed by atoms with E-state index in [0.29, 0.717) is 18.6 Å². The second kappa shape index (κ2) is 7.02. The second-order valence-corrected chi connectivity index (χ2v) is 6.34. The molecule has 1 aliphatic carbocycles. The lowest BCUT2D eigenvalue weighted by atomic mass is 9.80. The summed E-state index contributed by atoms with van der Waals surface area (Å²) >= 11 is 0. The van der Waals surface area contributed by atoms with E-state index in [1.165, 1.54) is 4.90 Å². The van der Waals surface area contributed by atoms with Crippen molar-refractivity contribution < 1.29 is 19.4 Å². The maximum atomic E-state index is 12.7. The van der Waals surface area contributed by atoms with Gasteiger partial charge >= 0.3 is 5.97 Å². The zero-order valence-corrected chi connectivity index (χ0v) is 14.1. The molecule has 126 valence electrons. The van der Waals surface area contributed by atoms with Gasteiger partial charge in [-0.1, -0.05) is 37.0 Å². The van der Waals surface area contributed by atoms with Gasteiger partial charge in [-0.25, -0.2) is 4.79 Å². The summed E-state index contributed by atoms with van der Waals surface area (Å²) in [6.45, 7) is 1.96. The predicted molar refractivity (Wildman–Crippen MR) is 87.7 cm³/mol. The van der Waals surface area contributed by atoms with Crippen LogP contribution in [0.25, 0.3) is 0 Å². The predicted octanol–water partition coefficient (Wildman–Crippen LogP) is 2.79. The molecule has 5 nitrogen and oxygen atoms in total. The first kappa shape index (κ1) is 17.3. The van der Waals surface area contributed by atoms with Crippen LogP contribution in [0.1, 0.15) is 43.2 Å². The highest BCUT2D eigenvalue weighted by Gasteiger charge is 2.45. The first-order valence-corrected chi connectivity index (χ1v) is 8.04. The molecule has 0 spiro atoms. The van der Waals surface area contributed by atoms with Crippen LogP contribution in [-0.4, -0.2) is 41.6 Å². The average Bonchev–Trinajstić information content (AvgIpc) is 2.54. The van der Waals surface area contributed by atoms with Gasteiger partial charge in [0.2, 0.25) is 5.91 Å². The van der Waals surface area contributed by atoms with Crippen molar-refractivity contribution in [1.29, 1.82) is 0 Å². The third-order valence-corrected chi connectivity index (χ3v) is 4.87. The summed E-state index contributed by atoms with van der Waals surface area (Å²) in [6.07, 6.45) is 3.92. The number of carbonyl (C=O) groups excluding carboxylic acids is 1. The monoisotopic (exact) mass is 319 g/mol. The quantitative estimate of drug-likeness (QED) is 0.906. The molecule has 0 aromatic heterocycles. The number of ether oxygens (including phenoxy) is 1. The summed E-state index contributed by atoms with van der Waals surface area (Å²) in [5.74, 6) is -0.423. The number of carboxylic acid groups (broad SMARTS) is 1. The topological polar surface area (TPSA) is 66.8 Å². The molecule has 0 saturated heterocycles. The van der Waals surface area contributed by atoms with Gasteiger partial charge < -0.3 is 14.7 Å². The van der Waals surface area contributed by atoms with Crippen molar-refractivity contribution in [2.45, 2.75) is 51.0 Å². The molecule has 0 aliphatic heterocycles. The molecular weight excluding hydrogens is 294 g/mol. The Labute approximate surface area is 137 Å². The van der Waals surface area contributed by atoms with Crippen LogP contribution in [0.4, 0.5) is 0 Å². The van der Waals surface area contributed by atoms with E-state index < -0.39 is 11.5 Å². The minimum atomic E-state index is -1.06. The lowest BCUT2D eigenvalue weighted by molar-refractivity contribution is -0.160. The molecule has 1 N–H and O–H groups in total. The molecule has 5 heteroatoms. The normalized spacial score (nSPS) is 16.7. The number of amides is 1. The van der Waals surface area contributed by atoms with Crippen LogP contribution >= 0.6 is 0 Å². The summed E-state index contributed by atoms with van der Waals surface area (Å²) in [7, 11) is 3.19. The Morgan fingerprint density at radius 3 is 2.48 bits per heavy atom. The van der Waals surface area contributed by atoms with E-state index in [2.05, 4.69) is 0 Å². The summed E-state index contributed by atoms with van der Waals surface area (Å²) in [6, 6.07) is 5.68. The van der Waals surface area contributed by atoms with Crippen molar-refractivity contribution in [3.63, 3.8) is 0 Å². The molecule has 0 atom stereocenters. The van der Waals surface area contributed by atoms with Gasteiger partial charge in [-0.15, -0.1) is 0 Å². The molecule has 1 aromatic carbocycles. The number of rotatable bonds is 5. The van der Waals surface area contributed by atoms with Crippen molar-refractivity contribution in [3.05, 3.63) is 29.3 Å². The van der Waals surface area contributed by atoms with E-state index in [4.69, 9.17) is 4.74 Å². The third-order valence-electron chi connectivity index (χ3n) is 4.87. The summed E-state index contributed by atoms with van der Waals surface area (Å²) < 4.78 is 5.31. The number of benzene rings is 1. The molecule has 2 rings (SSSR count). The van der Waals surface area contributed by atoms with E-state index in [1.807, 2.05) is 25.1 Å². The molecule has 0 unspecified atom stereocenters. The van der Waals surface area contributed by atoms with Crippen LogP contribution in [-0.2, 0) is 16.0 Å². The molecule has 1 saturated carbocycles. The van der Waals surface area contributed by atoms with E-state index in [1.54, 1.807) is 14.2 Å². The Bertz CT molecular complexity index is 591. The van der Waals surface area contributed by atoms with Crippen LogP contribution in [0.3, 0.4) is 0 Å². The first-order valence-electron chi connectivity index (χ1n) is 8.04. The number of nitrogens with zero attached hydrogens (tertiary/aromatic N) is 1. The van der Waals surface area contributed by atoms with Gasteiger partial charge in [0.15, 0.2) is 0 Å². The largest absolute Gasteiger partial charge is 0.496 e. The van der Waals surface area contributed by atoms with Crippen molar-refractivity contribution in [1.82, 2.24) is 4.90 Å². The Balaban J connectivity index is 2.22. The van der Waals surface area contributed by atoms with E-state index in [0.717, 1.165) is 30.4 Å². The first-order chi connectivity index (χ1) is 10.9. The van der Waals surface area contributed by atoms with Crippen molar-refractivity contribution in [3.8, 4) is 5.75 Å². The van der Waals surface area contributed by atoms with Crippen molar-refractivity contribution >= 4 is 11.9 Å². The molecule has 1 amide bonds. The number of carbonyl (C=O) groups is 2. The number of aliphatic carboxylic acids is 1. The van der Waals surface area contributed by atoms with Crippen molar-refractivity contribution in [2.24, 2.45) is 0 Å². The molecule has 1 fully saturated rings. The Kier molecular flexibility index (Phi) is 5.29. The van der Waals surface area contributed by atoms with Crippen LogP contribution in [0, 0.1) is 6.92 Å². The summed E-state index contributed by atoms with van der Waals surface area (Å²) in [5.41, 5.74) is 0.773. The van der Waals surface area contributed by atoms with Crippen LogP contribution in [0.15, 0.2) is 18.2 Å². The SMILES string of the molecule is COc1ccc(C)cc1CC(=O)N(C)C1(C(=O)O)CCCCC1. The zero-order valence-electron chi connectivity index (χ0n) is 14.1. The fourth-order valence-corrected chi connectivity index (χ4v) is 3.40. The number of hydrogen-bond donors (Lipinski definition) is 1.